The lowest BCUT2D eigenvalue weighted by atomic mass is 10.2. The first-order valence-corrected chi connectivity index (χ1v) is 7.15. The normalized spacial score (nSPS) is 10.5. The molecular formula is C15H9F2N3OS. The molecule has 4 nitrogen and oxygen atoms in total. The van der Waals surface area contributed by atoms with Crippen LogP contribution in [0.1, 0.15) is 10.5 Å². The predicted octanol–water partition coefficient (Wildman–Crippen LogP) is 3.74. The van der Waals surface area contributed by atoms with Gasteiger partial charge in [-0.05, 0) is 30.3 Å². The Kier molecular flexibility index (Phi) is 3.88. The molecular weight excluding hydrogens is 308 g/mol. The quantitative estimate of drug-likeness (QED) is 0.800. The summed E-state index contributed by atoms with van der Waals surface area (Å²) in [7, 11) is 0. The third kappa shape index (κ3) is 2.99. The van der Waals surface area contributed by atoms with Crippen LogP contribution in [0.5, 0.6) is 0 Å². The molecule has 2 aromatic heterocycles. The van der Waals surface area contributed by atoms with Crippen molar-refractivity contribution in [2.75, 3.05) is 5.32 Å². The van der Waals surface area contributed by atoms with Crippen molar-refractivity contribution in [2.45, 2.75) is 0 Å². The number of thiazole rings is 1. The predicted molar refractivity (Wildman–Crippen MR) is 79.7 cm³/mol. The number of rotatable bonds is 3. The van der Waals surface area contributed by atoms with Crippen molar-refractivity contribution in [2.24, 2.45) is 0 Å². The molecule has 110 valence electrons. The zero-order chi connectivity index (χ0) is 15.5. The van der Waals surface area contributed by atoms with Gasteiger partial charge < -0.3 is 0 Å². The molecule has 0 aliphatic heterocycles. The lowest BCUT2D eigenvalue weighted by Crippen LogP contribution is -2.13. The minimum atomic E-state index is -0.940. The van der Waals surface area contributed by atoms with Crippen LogP contribution in [-0.2, 0) is 0 Å². The topological polar surface area (TPSA) is 54.9 Å². The van der Waals surface area contributed by atoms with Gasteiger partial charge in [-0.2, -0.15) is 0 Å². The summed E-state index contributed by atoms with van der Waals surface area (Å²) in [6, 6.07) is 8.53. The van der Waals surface area contributed by atoms with Crippen molar-refractivity contribution in [1.29, 1.82) is 0 Å². The van der Waals surface area contributed by atoms with E-state index in [1.54, 1.807) is 23.6 Å². The number of nitrogens with one attached hydrogen (secondary N) is 1. The largest absolute Gasteiger partial charge is 0.296 e. The van der Waals surface area contributed by atoms with Gasteiger partial charge in [-0.15, -0.1) is 11.3 Å². The average molecular weight is 317 g/mol. The molecule has 0 radical (unpaired) electrons. The number of hydrogen-bond donors (Lipinski definition) is 1. The highest BCUT2D eigenvalue weighted by Crippen LogP contribution is 2.26. The molecule has 0 saturated heterocycles. The van der Waals surface area contributed by atoms with E-state index < -0.39 is 11.6 Å². The lowest BCUT2D eigenvalue weighted by Gasteiger charge is -2.00. The third-order valence-electron chi connectivity index (χ3n) is 2.84. The van der Waals surface area contributed by atoms with E-state index in [1.165, 1.54) is 23.6 Å². The van der Waals surface area contributed by atoms with Crippen LogP contribution in [0.25, 0.3) is 11.3 Å². The fourth-order valence-corrected chi connectivity index (χ4v) is 2.49. The Morgan fingerprint density at radius 3 is 2.73 bits per heavy atom. The van der Waals surface area contributed by atoms with Crippen LogP contribution in [-0.4, -0.2) is 15.9 Å². The molecule has 1 amide bonds. The van der Waals surface area contributed by atoms with E-state index in [4.69, 9.17) is 0 Å². The molecule has 0 unspecified atom stereocenters. The number of amides is 1. The van der Waals surface area contributed by atoms with Gasteiger partial charge in [0, 0.05) is 17.1 Å². The fourth-order valence-electron chi connectivity index (χ4n) is 1.78. The van der Waals surface area contributed by atoms with Crippen molar-refractivity contribution >= 4 is 22.4 Å². The average Bonchev–Trinajstić information content (AvgIpc) is 2.99. The van der Waals surface area contributed by atoms with Crippen LogP contribution < -0.4 is 5.32 Å². The number of aromatic nitrogens is 2. The highest BCUT2D eigenvalue weighted by Gasteiger charge is 2.11. The zero-order valence-corrected chi connectivity index (χ0v) is 11.9. The molecule has 0 saturated carbocycles. The molecule has 0 bridgehead atoms. The smallest absolute Gasteiger partial charge is 0.276 e. The maximum Gasteiger partial charge on any atom is 0.276 e. The van der Waals surface area contributed by atoms with Gasteiger partial charge in [0.2, 0.25) is 0 Å². The van der Waals surface area contributed by atoms with Crippen molar-refractivity contribution in [3.8, 4) is 11.3 Å². The minimum absolute atomic E-state index is 0.270. The lowest BCUT2D eigenvalue weighted by molar-refractivity contribution is 0.102. The number of pyridine rings is 1. The first kappa shape index (κ1) is 14.3. The van der Waals surface area contributed by atoms with Crippen LogP contribution >= 0.6 is 11.3 Å². The van der Waals surface area contributed by atoms with Gasteiger partial charge in [-0.1, -0.05) is 6.07 Å². The molecule has 0 atom stereocenters. The van der Waals surface area contributed by atoms with E-state index in [0.717, 1.165) is 12.1 Å². The Hall–Kier alpha value is -2.67. The van der Waals surface area contributed by atoms with Crippen LogP contribution in [0.3, 0.4) is 0 Å². The van der Waals surface area contributed by atoms with E-state index in [2.05, 4.69) is 15.3 Å². The summed E-state index contributed by atoms with van der Waals surface area (Å²) < 4.78 is 26.1. The molecule has 22 heavy (non-hydrogen) atoms. The highest BCUT2D eigenvalue weighted by molar-refractivity contribution is 7.14. The van der Waals surface area contributed by atoms with E-state index in [1.807, 2.05) is 0 Å². The maximum absolute atomic E-state index is 13.2. The van der Waals surface area contributed by atoms with Gasteiger partial charge in [0.1, 0.15) is 5.69 Å². The molecule has 0 aliphatic carbocycles. The molecule has 3 aromatic rings. The Morgan fingerprint density at radius 1 is 1.14 bits per heavy atom. The molecule has 3 rings (SSSR count). The van der Waals surface area contributed by atoms with Crippen LogP contribution in [0, 0.1) is 11.6 Å². The van der Waals surface area contributed by atoms with Crippen LogP contribution in [0.2, 0.25) is 0 Å². The molecule has 7 heteroatoms. The van der Waals surface area contributed by atoms with Crippen LogP contribution in [0.15, 0.2) is 48.0 Å². The number of halogens is 2. The summed E-state index contributed by atoms with van der Waals surface area (Å²) in [5.74, 6) is -2.24. The van der Waals surface area contributed by atoms with Crippen molar-refractivity contribution in [3.63, 3.8) is 0 Å². The second-order valence-corrected chi connectivity index (χ2v) is 5.19. The summed E-state index contributed by atoms with van der Waals surface area (Å²) in [4.78, 5) is 20.1. The van der Waals surface area contributed by atoms with Crippen LogP contribution in [0.4, 0.5) is 13.9 Å². The Bertz CT molecular complexity index is 821. The number of carbonyl (C=O) groups excluding carboxylic acids is 1. The van der Waals surface area contributed by atoms with Gasteiger partial charge in [-0.25, -0.2) is 13.8 Å². The molecule has 0 fully saturated rings. The number of anilines is 1. The third-order valence-corrected chi connectivity index (χ3v) is 3.60. The number of nitrogens with zero attached hydrogens (tertiary/aromatic N) is 2. The summed E-state index contributed by atoms with van der Waals surface area (Å²) >= 11 is 1.19. The molecule has 0 spiro atoms. The first-order valence-electron chi connectivity index (χ1n) is 6.27. The second kappa shape index (κ2) is 5.98. The molecule has 0 aliphatic rings. The summed E-state index contributed by atoms with van der Waals surface area (Å²) in [6.45, 7) is 0. The van der Waals surface area contributed by atoms with Crippen molar-refractivity contribution in [3.05, 3.63) is 65.3 Å². The Morgan fingerprint density at radius 2 is 2.00 bits per heavy atom. The number of hydrogen-bond acceptors (Lipinski definition) is 4. The molecule has 2 heterocycles. The van der Waals surface area contributed by atoms with Gasteiger partial charge in [0.25, 0.3) is 5.91 Å². The van der Waals surface area contributed by atoms with E-state index in [0.29, 0.717) is 16.4 Å². The Labute approximate surface area is 128 Å². The summed E-state index contributed by atoms with van der Waals surface area (Å²) in [5, 5.41) is 4.62. The van der Waals surface area contributed by atoms with E-state index >= 15 is 0 Å². The standard InChI is InChI=1S/C15H9F2N3OS/c16-10-5-4-9(7-11(10)17)13-8-22-15(19-13)20-14(21)12-3-1-2-6-18-12/h1-8H,(H,19,20,21). The first-order chi connectivity index (χ1) is 10.6. The van der Waals surface area contributed by atoms with Gasteiger partial charge in [0.05, 0.1) is 5.69 Å². The molecule has 1 N–H and O–H groups in total. The molecule has 1 aromatic carbocycles. The number of benzene rings is 1. The van der Waals surface area contributed by atoms with Gasteiger partial charge >= 0.3 is 0 Å². The van der Waals surface area contributed by atoms with Crippen molar-refractivity contribution < 1.29 is 13.6 Å². The minimum Gasteiger partial charge on any atom is -0.296 e. The van der Waals surface area contributed by atoms with Gasteiger partial charge in [-0.3, -0.25) is 15.1 Å². The maximum atomic E-state index is 13.2. The monoisotopic (exact) mass is 317 g/mol. The van der Waals surface area contributed by atoms with E-state index in [-0.39, 0.29) is 11.6 Å². The van der Waals surface area contributed by atoms with Crippen molar-refractivity contribution in [1.82, 2.24) is 9.97 Å². The SMILES string of the molecule is O=C(Nc1nc(-c2ccc(F)c(F)c2)cs1)c1ccccn1. The highest BCUT2D eigenvalue weighted by atomic mass is 32.1. The number of carbonyl (C=O) groups is 1. The zero-order valence-electron chi connectivity index (χ0n) is 11.1. The van der Waals surface area contributed by atoms with E-state index in [9.17, 15) is 13.6 Å². The van der Waals surface area contributed by atoms with Gasteiger partial charge in [0.15, 0.2) is 16.8 Å². The summed E-state index contributed by atoms with van der Waals surface area (Å²) in [5.41, 5.74) is 1.17. The fraction of sp³-hybridized carbons (Fsp3) is 0. The summed E-state index contributed by atoms with van der Waals surface area (Å²) in [6.07, 6.45) is 1.52. The second-order valence-electron chi connectivity index (χ2n) is 4.34. The Balaban J connectivity index is 1.79.